The predicted octanol–water partition coefficient (Wildman–Crippen LogP) is 1.32. The van der Waals surface area contributed by atoms with Gasteiger partial charge in [0.2, 0.25) is 0 Å². The molecule has 1 saturated heterocycles. The number of amides is 1. The Bertz CT molecular complexity index is 640. The summed E-state index contributed by atoms with van der Waals surface area (Å²) in [6.07, 6.45) is 0. The lowest BCUT2D eigenvalue weighted by Crippen LogP contribution is -2.50. The summed E-state index contributed by atoms with van der Waals surface area (Å²) in [5.74, 6) is -0.119. The SMILES string of the molecule is Nc1c(C(=O)N2CCOCC2CO)sc2ccccc12. The fourth-order valence-corrected chi connectivity index (χ4v) is 3.51. The topological polar surface area (TPSA) is 75.8 Å². The molecule has 0 saturated carbocycles. The van der Waals surface area contributed by atoms with Gasteiger partial charge in [0.05, 0.1) is 31.5 Å². The number of anilines is 1. The molecule has 5 nitrogen and oxygen atoms in total. The molecule has 0 aliphatic carbocycles. The highest BCUT2D eigenvalue weighted by Gasteiger charge is 2.30. The number of ether oxygens (including phenoxy) is 1. The van der Waals surface area contributed by atoms with E-state index in [0.717, 1.165) is 10.1 Å². The van der Waals surface area contributed by atoms with Crippen LogP contribution < -0.4 is 5.73 Å². The Morgan fingerprint density at radius 2 is 2.30 bits per heavy atom. The molecule has 0 bridgehead atoms. The van der Waals surface area contributed by atoms with Crippen LogP contribution in [0.4, 0.5) is 5.69 Å². The Morgan fingerprint density at radius 1 is 1.50 bits per heavy atom. The van der Waals surface area contributed by atoms with Crippen LogP contribution in [0.1, 0.15) is 9.67 Å². The van der Waals surface area contributed by atoms with Gasteiger partial charge in [-0.2, -0.15) is 0 Å². The number of aliphatic hydroxyl groups is 1. The molecule has 1 aliphatic heterocycles. The van der Waals surface area contributed by atoms with Gasteiger partial charge in [-0.3, -0.25) is 4.79 Å². The summed E-state index contributed by atoms with van der Waals surface area (Å²) in [7, 11) is 0. The number of nitrogens with two attached hydrogens (primary N) is 1. The van der Waals surface area contributed by atoms with E-state index in [2.05, 4.69) is 0 Å². The summed E-state index contributed by atoms with van der Waals surface area (Å²) >= 11 is 1.40. The molecular formula is C14H16N2O3S. The molecule has 1 unspecified atom stereocenters. The third-order valence-corrected chi connectivity index (χ3v) is 4.70. The first kappa shape index (κ1) is 13.4. The average Bonchev–Trinajstić information content (AvgIpc) is 2.84. The molecule has 1 fully saturated rings. The van der Waals surface area contributed by atoms with Crippen LogP contribution in [-0.2, 0) is 4.74 Å². The number of rotatable bonds is 2. The molecule has 3 N–H and O–H groups in total. The van der Waals surface area contributed by atoms with Gasteiger partial charge < -0.3 is 20.5 Å². The Morgan fingerprint density at radius 3 is 3.05 bits per heavy atom. The number of thiophene rings is 1. The van der Waals surface area contributed by atoms with E-state index in [1.807, 2.05) is 24.3 Å². The number of carbonyl (C=O) groups is 1. The van der Waals surface area contributed by atoms with E-state index < -0.39 is 0 Å². The zero-order valence-corrected chi connectivity index (χ0v) is 11.7. The molecule has 20 heavy (non-hydrogen) atoms. The number of fused-ring (bicyclic) bond motifs is 1. The Balaban J connectivity index is 1.97. The second-order valence-electron chi connectivity index (χ2n) is 4.75. The fraction of sp³-hybridized carbons (Fsp3) is 0.357. The minimum absolute atomic E-state index is 0.101. The number of benzene rings is 1. The quantitative estimate of drug-likeness (QED) is 0.875. The highest BCUT2D eigenvalue weighted by atomic mass is 32.1. The third-order valence-electron chi connectivity index (χ3n) is 3.53. The van der Waals surface area contributed by atoms with E-state index in [-0.39, 0.29) is 18.6 Å². The van der Waals surface area contributed by atoms with Gasteiger partial charge in [-0.05, 0) is 6.07 Å². The van der Waals surface area contributed by atoms with Crippen molar-refractivity contribution in [2.24, 2.45) is 0 Å². The van der Waals surface area contributed by atoms with Gasteiger partial charge in [0.25, 0.3) is 5.91 Å². The average molecular weight is 292 g/mol. The highest BCUT2D eigenvalue weighted by molar-refractivity contribution is 7.21. The summed E-state index contributed by atoms with van der Waals surface area (Å²) in [5.41, 5.74) is 6.63. The lowest BCUT2D eigenvalue weighted by molar-refractivity contribution is -0.0181. The molecule has 6 heteroatoms. The predicted molar refractivity (Wildman–Crippen MR) is 79.0 cm³/mol. The summed E-state index contributed by atoms with van der Waals surface area (Å²) in [6.45, 7) is 1.24. The van der Waals surface area contributed by atoms with Gasteiger partial charge >= 0.3 is 0 Å². The van der Waals surface area contributed by atoms with E-state index in [1.54, 1.807) is 4.90 Å². The van der Waals surface area contributed by atoms with E-state index in [1.165, 1.54) is 11.3 Å². The molecular weight excluding hydrogens is 276 g/mol. The number of hydrogen-bond acceptors (Lipinski definition) is 5. The number of nitrogen functional groups attached to an aromatic ring is 1. The van der Waals surface area contributed by atoms with Gasteiger partial charge in [0.1, 0.15) is 4.88 Å². The lowest BCUT2D eigenvalue weighted by atomic mass is 10.2. The second-order valence-corrected chi connectivity index (χ2v) is 5.80. The monoisotopic (exact) mass is 292 g/mol. The van der Waals surface area contributed by atoms with Gasteiger partial charge in [-0.15, -0.1) is 11.3 Å². The Kier molecular flexibility index (Phi) is 3.60. The second kappa shape index (κ2) is 5.40. The van der Waals surface area contributed by atoms with Crippen molar-refractivity contribution in [3.05, 3.63) is 29.1 Å². The van der Waals surface area contributed by atoms with Gasteiger partial charge in [-0.1, -0.05) is 18.2 Å². The summed E-state index contributed by atoms with van der Waals surface area (Å²) in [4.78, 5) is 14.9. The number of aliphatic hydroxyl groups excluding tert-OH is 1. The van der Waals surface area contributed by atoms with E-state index in [0.29, 0.717) is 30.3 Å². The van der Waals surface area contributed by atoms with Crippen molar-refractivity contribution in [2.45, 2.75) is 6.04 Å². The van der Waals surface area contributed by atoms with Crippen molar-refractivity contribution in [3.8, 4) is 0 Å². The minimum Gasteiger partial charge on any atom is -0.397 e. The van der Waals surface area contributed by atoms with E-state index in [9.17, 15) is 9.90 Å². The molecule has 2 aromatic rings. The maximum atomic E-state index is 12.6. The smallest absolute Gasteiger partial charge is 0.266 e. The van der Waals surface area contributed by atoms with Gasteiger partial charge in [0, 0.05) is 16.6 Å². The van der Waals surface area contributed by atoms with Crippen LogP contribution in [-0.4, -0.2) is 48.3 Å². The number of hydrogen-bond donors (Lipinski definition) is 2. The van der Waals surface area contributed by atoms with Crippen LogP contribution >= 0.6 is 11.3 Å². The van der Waals surface area contributed by atoms with Gasteiger partial charge in [-0.25, -0.2) is 0 Å². The number of carbonyl (C=O) groups excluding carboxylic acids is 1. The van der Waals surface area contributed by atoms with Crippen LogP contribution in [0.15, 0.2) is 24.3 Å². The minimum atomic E-state index is -0.291. The first-order chi connectivity index (χ1) is 9.72. The van der Waals surface area contributed by atoms with E-state index >= 15 is 0 Å². The van der Waals surface area contributed by atoms with Crippen molar-refractivity contribution >= 4 is 33.0 Å². The zero-order valence-electron chi connectivity index (χ0n) is 10.9. The first-order valence-electron chi connectivity index (χ1n) is 6.49. The van der Waals surface area contributed by atoms with Crippen molar-refractivity contribution in [3.63, 3.8) is 0 Å². The Hall–Kier alpha value is -1.63. The summed E-state index contributed by atoms with van der Waals surface area (Å²) in [5, 5.41) is 10.3. The van der Waals surface area contributed by atoms with Crippen LogP contribution in [0.3, 0.4) is 0 Å². The fourth-order valence-electron chi connectivity index (χ4n) is 2.43. The van der Waals surface area contributed by atoms with Crippen molar-refractivity contribution < 1.29 is 14.6 Å². The maximum Gasteiger partial charge on any atom is 0.266 e. The molecule has 2 heterocycles. The highest BCUT2D eigenvalue weighted by Crippen LogP contribution is 2.34. The van der Waals surface area contributed by atoms with E-state index in [4.69, 9.17) is 10.5 Å². The zero-order chi connectivity index (χ0) is 14.1. The molecule has 1 atom stereocenters. The lowest BCUT2D eigenvalue weighted by Gasteiger charge is -2.34. The standard InChI is InChI=1S/C14H16N2O3S/c15-12-10-3-1-2-4-11(10)20-13(12)14(18)16-5-6-19-8-9(16)7-17/h1-4,9,17H,5-8,15H2. The molecule has 1 amide bonds. The molecule has 1 aromatic heterocycles. The first-order valence-corrected chi connectivity index (χ1v) is 7.30. The van der Waals surface area contributed by atoms with Crippen LogP contribution in [0, 0.1) is 0 Å². The van der Waals surface area contributed by atoms with Gasteiger partial charge in [0.15, 0.2) is 0 Å². The molecule has 1 aliphatic rings. The molecule has 0 spiro atoms. The van der Waals surface area contributed by atoms with Crippen molar-refractivity contribution in [1.82, 2.24) is 4.90 Å². The maximum absolute atomic E-state index is 12.6. The van der Waals surface area contributed by atoms with Crippen LogP contribution in [0.25, 0.3) is 10.1 Å². The van der Waals surface area contributed by atoms with Crippen molar-refractivity contribution in [1.29, 1.82) is 0 Å². The Labute approximate surface area is 120 Å². The third kappa shape index (κ3) is 2.15. The summed E-state index contributed by atoms with van der Waals surface area (Å²) < 4.78 is 6.30. The molecule has 1 aromatic carbocycles. The van der Waals surface area contributed by atoms with Crippen LogP contribution in [0.5, 0.6) is 0 Å². The largest absolute Gasteiger partial charge is 0.397 e. The number of morpholine rings is 1. The molecule has 106 valence electrons. The summed E-state index contributed by atoms with van der Waals surface area (Å²) in [6, 6.07) is 7.42. The number of nitrogens with zero attached hydrogens (tertiary/aromatic N) is 1. The molecule has 0 radical (unpaired) electrons. The normalized spacial score (nSPS) is 19.4. The molecule has 3 rings (SSSR count). The van der Waals surface area contributed by atoms with Crippen molar-refractivity contribution in [2.75, 3.05) is 32.1 Å². The van der Waals surface area contributed by atoms with Crippen LogP contribution in [0.2, 0.25) is 0 Å².